The molecule has 7 heteroatoms. The normalized spacial score (nSPS) is 17.4. The summed E-state index contributed by atoms with van der Waals surface area (Å²) in [7, 11) is 3.65. The van der Waals surface area contributed by atoms with Crippen molar-refractivity contribution in [2.75, 3.05) is 13.6 Å². The Morgan fingerprint density at radius 3 is 2.69 bits per heavy atom. The van der Waals surface area contributed by atoms with E-state index < -0.39 is 0 Å². The quantitative estimate of drug-likeness (QED) is 0.807. The number of aryl methyl sites for hydroxylation is 1. The number of rotatable bonds is 5. The predicted octanol–water partition coefficient (Wildman–Crippen LogP) is 2.47. The molecule has 0 radical (unpaired) electrons. The van der Waals surface area contributed by atoms with E-state index in [1.807, 2.05) is 37.5 Å². The van der Waals surface area contributed by atoms with Gasteiger partial charge in [0.25, 0.3) is 0 Å². The number of piperidine rings is 1. The minimum Gasteiger partial charge on any atom is -0.341 e. The molecule has 0 unspecified atom stereocenters. The summed E-state index contributed by atoms with van der Waals surface area (Å²) in [6.45, 7) is 1.48. The Morgan fingerprint density at radius 1 is 1.31 bits per heavy atom. The van der Waals surface area contributed by atoms with Crippen LogP contribution in [0.5, 0.6) is 0 Å². The van der Waals surface area contributed by atoms with Gasteiger partial charge in [0, 0.05) is 56.9 Å². The smallest absolute Gasteiger partial charge is 0.227 e. The molecule has 0 saturated carbocycles. The lowest BCUT2D eigenvalue weighted by molar-refractivity contribution is -0.143. The van der Waals surface area contributed by atoms with Gasteiger partial charge in [0.05, 0.1) is 12.1 Å². The van der Waals surface area contributed by atoms with Crippen LogP contribution in [0.2, 0.25) is 5.02 Å². The molecule has 2 amide bonds. The number of amides is 2. The number of carbonyl (C=O) groups excluding carboxylic acids is 2. The van der Waals surface area contributed by atoms with Crippen LogP contribution in [0.15, 0.2) is 36.7 Å². The minimum atomic E-state index is -0.165. The molecule has 138 valence electrons. The zero-order valence-corrected chi connectivity index (χ0v) is 15.8. The maximum Gasteiger partial charge on any atom is 0.227 e. The largest absolute Gasteiger partial charge is 0.341 e. The summed E-state index contributed by atoms with van der Waals surface area (Å²) in [4.78, 5) is 28.6. The van der Waals surface area contributed by atoms with Gasteiger partial charge in [-0.1, -0.05) is 23.7 Å². The second-order valence-corrected chi connectivity index (χ2v) is 7.29. The topological polar surface area (TPSA) is 58.4 Å². The van der Waals surface area contributed by atoms with Gasteiger partial charge in [-0.2, -0.15) is 5.10 Å². The van der Waals surface area contributed by atoms with Gasteiger partial charge in [0.15, 0.2) is 0 Å². The Balaban J connectivity index is 1.61. The summed E-state index contributed by atoms with van der Waals surface area (Å²) in [5.74, 6) is 0.00282. The Labute approximate surface area is 158 Å². The molecular formula is C19H23ClN4O2. The fourth-order valence-electron chi connectivity index (χ4n) is 3.30. The third-order valence-corrected chi connectivity index (χ3v) is 4.94. The highest BCUT2D eigenvalue weighted by Crippen LogP contribution is 2.22. The van der Waals surface area contributed by atoms with E-state index in [1.165, 1.54) is 0 Å². The first-order valence-corrected chi connectivity index (χ1v) is 9.05. The van der Waals surface area contributed by atoms with Crippen LogP contribution in [0.25, 0.3) is 0 Å². The Kier molecular flexibility index (Phi) is 5.61. The van der Waals surface area contributed by atoms with Crippen molar-refractivity contribution in [2.45, 2.75) is 25.9 Å². The molecule has 2 aromatic rings. The summed E-state index contributed by atoms with van der Waals surface area (Å²) >= 11 is 5.91. The van der Waals surface area contributed by atoms with Crippen LogP contribution in [0.3, 0.4) is 0 Å². The third-order valence-electron chi connectivity index (χ3n) is 4.69. The molecule has 1 fully saturated rings. The first-order chi connectivity index (χ1) is 12.4. The average Bonchev–Trinajstić information content (AvgIpc) is 3.03. The molecule has 1 saturated heterocycles. The summed E-state index contributed by atoms with van der Waals surface area (Å²) in [6.07, 6.45) is 4.68. The maximum atomic E-state index is 12.8. The van der Waals surface area contributed by atoms with E-state index in [2.05, 4.69) is 5.10 Å². The van der Waals surface area contributed by atoms with E-state index in [-0.39, 0.29) is 17.7 Å². The number of likely N-dealkylation sites (tertiary alicyclic amines) is 1. The standard InChI is InChI=1S/C19H23ClN4O2/c1-22(10-15-9-21-23(2)11-15)19(26)16-5-8-18(25)24(13-16)12-14-3-6-17(20)7-4-14/h3-4,6-7,9,11,16H,5,8,10,12-13H2,1-2H3/t16-/m0/s1. The van der Waals surface area contributed by atoms with Gasteiger partial charge in [0.2, 0.25) is 11.8 Å². The molecule has 0 aliphatic carbocycles. The van der Waals surface area contributed by atoms with Crippen LogP contribution in [0.4, 0.5) is 0 Å². The highest BCUT2D eigenvalue weighted by atomic mass is 35.5. The van der Waals surface area contributed by atoms with Gasteiger partial charge >= 0.3 is 0 Å². The first-order valence-electron chi connectivity index (χ1n) is 8.67. The van der Waals surface area contributed by atoms with Crippen LogP contribution >= 0.6 is 11.6 Å². The van der Waals surface area contributed by atoms with Gasteiger partial charge in [-0.15, -0.1) is 0 Å². The van der Waals surface area contributed by atoms with Crippen molar-refractivity contribution in [2.24, 2.45) is 13.0 Å². The third kappa shape index (κ3) is 4.43. The van der Waals surface area contributed by atoms with Crippen molar-refractivity contribution in [3.05, 3.63) is 52.8 Å². The first kappa shape index (κ1) is 18.5. The van der Waals surface area contributed by atoms with Crippen LogP contribution in [0, 0.1) is 5.92 Å². The summed E-state index contributed by atoms with van der Waals surface area (Å²) in [5, 5.41) is 4.80. The second-order valence-electron chi connectivity index (χ2n) is 6.85. The number of benzene rings is 1. The minimum absolute atomic E-state index is 0.0717. The van der Waals surface area contributed by atoms with Crippen molar-refractivity contribution in [1.29, 1.82) is 0 Å². The molecule has 1 aromatic carbocycles. The lowest BCUT2D eigenvalue weighted by atomic mass is 9.95. The fourth-order valence-corrected chi connectivity index (χ4v) is 3.42. The molecule has 0 spiro atoms. The van der Waals surface area contributed by atoms with Crippen molar-refractivity contribution in [1.82, 2.24) is 19.6 Å². The van der Waals surface area contributed by atoms with Gasteiger partial charge in [-0.25, -0.2) is 0 Å². The van der Waals surface area contributed by atoms with Crippen LogP contribution in [0.1, 0.15) is 24.0 Å². The van der Waals surface area contributed by atoms with E-state index in [1.54, 1.807) is 27.7 Å². The number of aromatic nitrogens is 2. The Bertz CT molecular complexity index is 787. The molecular weight excluding hydrogens is 352 g/mol. The summed E-state index contributed by atoms with van der Waals surface area (Å²) in [6, 6.07) is 7.45. The fraction of sp³-hybridized carbons (Fsp3) is 0.421. The molecule has 0 N–H and O–H groups in total. The number of nitrogens with zero attached hydrogens (tertiary/aromatic N) is 4. The van der Waals surface area contributed by atoms with Gasteiger partial charge in [-0.05, 0) is 24.1 Å². The number of hydrogen-bond donors (Lipinski definition) is 0. The van der Waals surface area contributed by atoms with Gasteiger partial charge in [-0.3, -0.25) is 14.3 Å². The maximum absolute atomic E-state index is 12.8. The molecule has 1 atom stereocenters. The van der Waals surface area contributed by atoms with Crippen molar-refractivity contribution >= 4 is 23.4 Å². The monoisotopic (exact) mass is 374 g/mol. The van der Waals surface area contributed by atoms with E-state index >= 15 is 0 Å². The lowest BCUT2D eigenvalue weighted by Gasteiger charge is -2.34. The van der Waals surface area contributed by atoms with Crippen LogP contribution in [-0.4, -0.2) is 45.0 Å². The number of hydrogen-bond acceptors (Lipinski definition) is 3. The average molecular weight is 375 g/mol. The molecule has 6 nitrogen and oxygen atoms in total. The summed E-state index contributed by atoms with van der Waals surface area (Å²) < 4.78 is 1.72. The van der Waals surface area contributed by atoms with Crippen LogP contribution in [-0.2, 0) is 29.7 Å². The van der Waals surface area contributed by atoms with E-state index in [0.29, 0.717) is 37.5 Å². The highest BCUT2D eigenvalue weighted by Gasteiger charge is 2.31. The molecule has 1 aliphatic heterocycles. The molecule has 1 aromatic heterocycles. The Morgan fingerprint density at radius 2 is 2.04 bits per heavy atom. The van der Waals surface area contributed by atoms with Gasteiger partial charge < -0.3 is 9.80 Å². The van der Waals surface area contributed by atoms with E-state index in [9.17, 15) is 9.59 Å². The molecule has 26 heavy (non-hydrogen) atoms. The van der Waals surface area contributed by atoms with Crippen molar-refractivity contribution in [3.63, 3.8) is 0 Å². The lowest BCUT2D eigenvalue weighted by Crippen LogP contribution is -2.45. The number of halogens is 1. The molecule has 2 heterocycles. The molecule has 1 aliphatic rings. The predicted molar refractivity (Wildman–Crippen MR) is 99.3 cm³/mol. The van der Waals surface area contributed by atoms with Crippen LogP contribution < -0.4 is 0 Å². The SMILES string of the molecule is CN(Cc1cnn(C)c1)C(=O)[C@H]1CCC(=O)N(Cc2ccc(Cl)cc2)C1. The van der Waals surface area contributed by atoms with Crippen molar-refractivity contribution < 1.29 is 9.59 Å². The zero-order chi connectivity index (χ0) is 18.7. The van der Waals surface area contributed by atoms with Crippen molar-refractivity contribution in [3.8, 4) is 0 Å². The van der Waals surface area contributed by atoms with E-state index in [0.717, 1.165) is 11.1 Å². The molecule has 3 rings (SSSR count). The highest BCUT2D eigenvalue weighted by molar-refractivity contribution is 6.30. The van der Waals surface area contributed by atoms with Gasteiger partial charge in [0.1, 0.15) is 0 Å². The Hall–Kier alpha value is -2.34. The second kappa shape index (κ2) is 7.91. The molecule has 0 bridgehead atoms. The summed E-state index contributed by atoms with van der Waals surface area (Å²) in [5.41, 5.74) is 2.01. The van der Waals surface area contributed by atoms with E-state index in [4.69, 9.17) is 11.6 Å². The number of carbonyl (C=O) groups is 2. The zero-order valence-electron chi connectivity index (χ0n) is 15.1.